The van der Waals surface area contributed by atoms with Gasteiger partial charge in [0.2, 0.25) is 0 Å². The van der Waals surface area contributed by atoms with Crippen LogP contribution in [0.3, 0.4) is 0 Å². The summed E-state index contributed by atoms with van der Waals surface area (Å²) in [6.45, 7) is 49.7. The van der Waals surface area contributed by atoms with E-state index in [1.54, 1.807) is 0 Å². The normalized spacial score (nSPS) is 14.3. The first-order valence-corrected chi connectivity index (χ1v) is 42.9. The Bertz CT molecular complexity index is 6830. The van der Waals surface area contributed by atoms with Gasteiger partial charge in [0.1, 0.15) is 11.2 Å². The second-order valence-corrected chi connectivity index (χ2v) is 41.8. The van der Waals surface area contributed by atoms with E-state index in [9.17, 15) is 0 Å². The SMILES string of the molecule is CC(C)(C)c1cc(-c2cc(C(C)(C)C)ccc2N2c3ccc(-c4cccc5c4oc4ccccc45)cc3B3c4ccc(-n5c6ccccc6c6cc7c(cc65)C5(c6ccccc6-c6ccccc65)c5ccccc5-7)cc4N(c4ccc(C(C)(C)C)cc4-c4cc(C(C)(C)C)cc(C(C)(C)C)c4)c4cc(C(C)(C)C)cc2c43)cc(C(C)(C)C)c1. The van der Waals surface area contributed by atoms with Crippen molar-refractivity contribution < 1.29 is 4.42 Å². The highest BCUT2D eigenvalue weighted by Gasteiger charge is 2.53. The number of hydrogen-bond acceptors (Lipinski definition) is 3. The van der Waals surface area contributed by atoms with Crippen molar-refractivity contribution in [1.82, 2.24) is 4.57 Å². The van der Waals surface area contributed by atoms with Gasteiger partial charge in [-0.2, -0.15) is 0 Å². The fourth-order valence-electron chi connectivity index (χ4n) is 20.2. The van der Waals surface area contributed by atoms with Crippen LogP contribution in [0.5, 0.6) is 0 Å². The maximum atomic E-state index is 7.06. The Morgan fingerprint density at radius 3 is 1.22 bits per heavy atom. The van der Waals surface area contributed by atoms with E-state index in [4.69, 9.17) is 4.42 Å². The Kier molecular flexibility index (Phi) is 16.3. The van der Waals surface area contributed by atoms with Crippen molar-refractivity contribution in [2.45, 2.75) is 189 Å². The second-order valence-electron chi connectivity index (χ2n) is 41.8. The van der Waals surface area contributed by atoms with E-state index < -0.39 is 5.41 Å². The fraction of sp³-hybridized carbons (Fsp3) is 0.257. The van der Waals surface area contributed by atoms with E-state index in [1.165, 1.54) is 155 Å². The smallest absolute Gasteiger partial charge is 0.252 e. The van der Waals surface area contributed by atoms with Crippen molar-refractivity contribution in [3.63, 3.8) is 0 Å². The standard InChI is InChI=1S/C113H108BN3O/c1-106(2,3)70-46-51-96(85(60-70)68-53-72(108(7,8)9)58-73(54-68)109(10,11)12)116-98-50-45-67(78-38-32-39-84-83-37-26-31-44-103(83)118-105(78)84)57-94(98)114-93-49-48-77(115-95-43-30-25-36-82(95)88-65-87-81-35-24-29-42-91(81)113(92(87)66-99(88)115)89-40-27-22-33-79(89)80-34-23-28-41-90(80)113)64-100(93)117(102-63-76(112(19,20)21)62-101(116)104(102)114)97-52-47-71(107(4,5)6)61-86(97)69-55-74(110(13,14)15)59-75(56-69)111(16,17)18/h22-66H,1-21H3. The molecule has 0 amide bonds. The van der Waals surface area contributed by atoms with Crippen LogP contribution in [-0.2, 0) is 43.3 Å². The van der Waals surface area contributed by atoms with Crippen LogP contribution in [0, 0.1) is 0 Å². The number of benzene rings is 14. The molecule has 0 fully saturated rings. The van der Waals surface area contributed by atoms with E-state index in [-0.39, 0.29) is 44.6 Å². The molecule has 16 aromatic rings. The maximum Gasteiger partial charge on any atom is 0.252 e. The molecule has 0 saturated carbocycles. The number of fused-ring (bicyclic) bond motifs is 20. The zero-order valence-electron chi connectivity index (χ0n) is 72.8. The highest BCUT2D eigenvalue weighted by molar-refractivity contribution is 7.00. The molecule has 118 heavy (non-hydrogen) atoms. The van der Waals surface area contributed by atoms with Crippen molar-refractivity contribution in [2.75, 3.05) is 9.80 Å². The number of furan rings is 1. The van der Waals surface area contributed by atoms with Crippen molar-refractivity contribution in [3.8, 4) is 61.3 Å². The molecule has 584 valence electrons. The van der Waals surface area contributed by atoms with Crippen molar-refractivity contribution in [3.05, 3.63) is 334 Å². The monoisotopic (exact) mass is 1530 g/mol. The highest BCUT2D eigenvalue weighted by Crippen LogP contribution is 2.64. The van der Waals surface area contributed by atoms with Crippen LogP contribution in [0.1, 0.15) is 207 Å². The van der Waals surface area contributed by atoms with E-state index in [1.807, 2.05) is 0 Å². The summed E-state index contributed by atoms with van der Waals surface area (Å²) in [5.41, 5.74) is 40.8. The Morgan fingerprint density at radius 1 is 0.254 bits per heavy atom. The first-order chi connectivity index (χ1) is 55.9. The third-order valence-corrected chi connectivity index (χ3v) is 26.8. The minimum atomic E-state index is -0.543. The lowest BCUT2D eigenvalue weighted by Crippen LogP contribution is -2.61. The average Bonchev–Trinajstić information content (AvgIpc) is 1.46. The number of aromatic nitrogens is 1. The Hall–Kier alpha value is -11.7. The summed E-state index contributed by atoms with van der Waals surface area (Å²) in [7, 11) is 0. The summed E-state index contributed by atoms with van der Waals surface area (Å²) in [4.78, 5) is 5.46. The Balaban J connectivity index is 0.932. The van der Waals surface area contributed by atoms with Gasteiger partial charge in [-0.1, -0.05) is 340 Å². The molecule has 20 rings (SSSR count). The van der Waals surface area contributed by atoms with Crippen LogP contribution in [-0.4, -0.2) is 11.3 Å². The quantitative estimate of drug-likeness (QED) is 0.155. The van der Waals surface area contributed by atoms with Crippen molar-refractivity contribution in [2.24, 2.45) is 0 Å². The number of rotatable bonds is 6. The van der Waals surface area contributed by atoms with Gasteiger partial charge < -0.3 is 18.8 Å². The molecule has 0 bridgehead atoms. The van der Waals surface area contributed by atoms with Crippen LogP contribution >= 0.6 is 0 Å². The Labute approximate surface area is 699 Å². The van der Waals surface area contributed by atoms with Crippen molar-refractivity contribution >= 4 is 101 Å². The number of anilines is 6. The van der Waals surface area contributed by atoms with E-state index in [0.29, 0.717) is 0 Å². The molecule has 2 aromatic heterocycles. The zero-order chi connectivity index (χ0) is 82.4. The summed E-state index contributed by atoms with van der Waals surface area (Å²) in [5.74, 6) is 0. The molecule has 4 nitrogen and oxygen atoms in total. The maximum absolute atomic E-state index is 7.06. The molecule has 5 heteroatoms. The second kappa shape index (κ2) is 25.7. The molecule has 0 unspecified atom stereocenters. The number of para-hydroxylation sites is 3. The third-order valence-electron chi connectivity index (χ3n) is 26.8. The molecule has 2 aliphatic carbocycles. The van der Waals surface area contributed by atoms with E-state index >= 15 is 0 Å². The van der Waals surface area contributed by atoms with Gasteiger partial charge in [0.15, 0.2) is 0 Å². The van der Waals surface area contributed by atoms with Crippen LogP contribution in [0.2, 0.25) is 0 Å². The van der Waals surface area contributed by atoms with Gasteiger partial charge in [0.25, 0.3) is 6.71 Å². The van der Waals surface area contributed by atoms with E-state index in [2.05, 4.69) is 433 Å². The van der Waals surface area contributed by atoms with Crippen LogP contribution in [0.25, 0.3) is 105 Å². The first-order valence-electron chi connectivity index (χ1n) is 42.9. The predicted molar refractivity (Wildman–Crippen MR) is 506 cm³/mol. The fourth-order valence-corrected chi connectivity index (χ4v) is 20.2. The third kappa shape index (κ3) is 11.5. The minimum Gasteiger partial charge on any atom is -0.455 e. The zero-order valence-corrected chi connectivity index (χ0v) is 72.8. The Morgan fingerprint density at radius 2 is 0.695 bits per heavy atom. The molecule has 0 radical (unpaired) electrons. The van der Waals surface area contributed by atoms with Crippen LogP contribution < -0.4 is 26.2 Å². The average molecular weight is 1530 g/mol. The van der Waals surface area contributed by atoms with Crippen LogP contribution in [0.15, 0.2) is 277 Å². The lowest BCUT2D eigenvalue weighted by Gasteiger charge is -2.46. The topological polar surface area (TPSA) is 24.6 Å². The van der Waals surface area contributed by atoms with Gasteiger partial charge in [0, 0.05) is 66.7 Å². The van der Waals surface area contributed by atoms with Crippen LogP contribution in [0.4, 0.5) is 34.1 Å². The summed E-state index contributed by atoms with van der Waals surface area (Å²) in [6, 6.07) is 108. The lowest BCUT2D eigenvalue weighted by atomic mass is 9.33. The van der Waals surface area contributed by atoms with E-state index in [0.717, 1.165) is 61.5 Å². The lowest BCUT2D eigenvalue weighted by molar-refractivity contribution is 0.568. The molecular formula is C113H108BN3O. The number of nitrogens with zero attached hydrogens (tertiary/aromatic N) is 3. The van der Waals surface area contributed by atoms with Crippen molar-refractivity contribution in [1.29, 1.82) is 0 Å². The predicted octanol–water partition coefficient (Wildman–Crippen LogP) is 29.2. The molecule has 0 N–H and O–H groups in total. The highest BCUT2D eigenvalue weighted by atomic mass is 16.3. The van der Waals surface area contributed by atoms with Gasteiger partial charge in [0.05, 0.1) is 27.8 Å². The summed E-state index contributed by atoms with van der Waals surface area (Å²) < 4.78 is 9.69. The molecule has 0 atom stereocenters. The first kappa shape index (κ1) is 75.1. The van der Waals surface area contributed by atoms with Gasteiger partial charge in [-0.15, -0.1) is 0 Å². The summed E-state index contributed by atoms with van der Waals surface area (Å²) in [6.07, 6.45) is 0. The summed E-state index contributed by atoms with van der Waals surface area (Å²) >= 11 is 0. The van der Waals surface area contributed by atoms with Gasteiger partial charge >= 0.3 is 0 Å². The minimum absolute atomic E-state index is 0.128. The molecule has 4 aliphatic rings. The molecule has 14 aromatic carbocycles. The summed E-state index contributed by atoms with van der Waals surface area (Å²) in [5, 5.41) is 4.68. The molecule has 4 heterocycles. The van der Waals surface area contributed by atoms with Gasteiger partial charge in [-0.25, -0.2) is 0 Å². The largest absolute Gasteiger partial charge is 0.455 e. The molecule has 2 aliphatic heterocycles. The molecule has 1 spiro atoms. The van der Waals surface area contributed by atoms with Gasteiger partial charge in [-0.05, 0) is 233 Å². The van der Waals surface area contributed by atoms with Gasteiger partial charge in [-0.3, -0.25) is 0 Å². The molecular weight excluding hydrogens is 1430 g/mol. The molecule has 0 saturated heterocycles. The number of hydrogen-bond donors (Lipinski definition) is 0.